The first kappa shape index (κ1) is 20.9. The number of carbonyl (C=O) groups is 1. The van der Waals surface area contributed by atoms with Crippen molar-refractivity contribution >= 4 is 38.9 Å². The number of halogens is 1. The maximum Gasteiger partial charge on any atom is 0.264 e. The van der Waals surface area contributed by atoms with E-state index in [4.69, 9.17) is 11.6 Å². The zero-order valence-electron chi connectivity index (χ0n) is 16.3. The smallest absolute Gasteiger partial charge is 0.264 e. The summed E-state index contributed by atoms with van der Waals surface area (Å²) in [6.07, 6.45) is 0. The van der Waals surface area contributed by atoms with Crippen molar-refractivity contribution in [3.05, 3.63) is 88.4 Å². The van der Waals surface area contributed by atoms with E-state index in [2.05, 4.69) is 5.32 Å². The Morgan fingerprint density at radius 1 is 0.966 bits per heavy atom. The predicted octanol–water partition coefficient (Wildman–Crippen LogP) is 5.03. The van der Waals surface area contributed by atoms with Gasteiger partial charge in [0.05, 0.1) is 21.2 Å². The third kappa shape index (κ3) is 4.44. The minimum Gasteiger partial charge on any atom is -0.322 e. The van der Waals surface area contributed by atoms with Gasteiger partial charge in [0, 0.05) is 12.7 Å². The molecule has 3 aromatic rings. The molecule has 5 nitrogen and oxygen atoms in total. The molecule has 0 atom stereocenters. The molecular weight excluding hydrogens is 408 g/mol. The van der Waals surface area contributed by atoms with E-state index in [1.807, 2.05) is 32.0 Å². The molecule has 1 N–H and O–H groups in total. The van der Waals surface area contributed by atoms with Crippen LogP contribution in [0, 0.1) is 13.8 Å². The van der Waals surface area contributed by atoms with Crippen LogP contribution in [0.2, 0.25) is 5.02 Å². The highest BCUT2D eigenvalue weighted by molar-refractivity contribution is 7.92. The highest BCUT2D eigenvalue weighted by Crippen LogP contribution is 2.28. The normalized spacial score (nSPS) is 11.2. The molecule has 0 bridgehead atoms. The second kappa shape index (κ2) is 8.27. The fourth-order valence-corrected chi connectivity index (χ4v) is 4.39. The molecule has 0 aliphatic heterocycles. The van der Waals surface area contributed by atoms with E-state index < -0.39 is 10.0 Å². The summed E-state index contributed by atoms with van der Waals surface area (Å²) in [5.74, 6) is -0.359. The Kier molecular flexibility index (Phi) is 5.96. The van der Waals surface area contributed by atoms with Gasteiger partial charge in [-0.2, -0.15) is 0 Å². The number of benzene rings is 3. The molecule has 0 unspecified atom stereocenters. The average molecular weight is 429 g/mol. The highest BCUT2D eigenvalue weighted by Gasteiger charge is 2.22. The van der Waals surface area contributed by atoms with Crippen LogP contribution in [0.4, 0.5) is 11.4 Å². The molecule has 29 heavy (non-hydrogen) atoms. The third-order valence-corrected chi connectivity index (χ3v) is 6.71. The van der Waals surface area contributed by atoms with Crippen molar-refractivity contribution in [2.45, 2.75) is 18.7 Å². The van der Waals surface area contributed by atoms with Gasteiger partial charge in [0.1, 0.15) is 0 Å². The number of nitrogens with one attached hydrogen (secondary N) is 1. The van der Waals surface area contributed by atoms with E-state index >= 15 is 0 Å². The number of sulfonamides is 1. The van der Waals surface area contributed by atoms with E-state index in [1.165, 1.54) is 31.3 Å². The van der Waals surface area contributed by atoms with Crippen LogP contribution in [0.25, 0.3) is 0 Å². The Labute approximate surface area is 176 Å². The zero-order valence-corrected chi connectivity index (χ0v) is 17.9. The number of hydrogen-bond donors (Lipinski definition) is 1. The van der Waals surface area contributed by atoms with Crippen LogP contribution in [0.1, 0.15) is 21.5 Å². The van der Waals surface area contributed by atoms with Crippen LogP contribution in [0.3, 0.4) is 0 Å². The van der Waals surface area contributed by atoms with Crippen molar-refractivity contribution in [3.63, 3.8) is 0 Å². The van der Waals surface area contributed by atoms with Gasteiger partial charge in [0.25, 0.3) is 15.9 Å². The van der Waals surface area contributed by atoms with Gasteiger partial charge in [-0.3, -0.25) is 9.10 Å². The van der Waals surface area contributed by atoms with Crippen LogP contribution in [-0.2, 0) is 10.0 Å². The number of hydrogen-bond acceptors (Lipinski definition) is 3. The molecule has 0 aliphatic carbocycles. The van der Waals surface area contributed by atoms with Crippen molar-refractivity contribution in [3.8, 4) is 0 Å². The fraction of sp³-hybridized carbons (Fsp3) is 0.136. The molecular formula is C22H21ClN2O3S. The second-order valence-electron chi connectivity index (χ2n) is 6.72. The molecule has 0 spiro atoms. The lowest BCUT2D eigenvalue weighted by molar-refractivity contribution is 0.102. The molecule has 0 saturated carbocycles. The van der Waals surface area contributed by atoms with Gasteiger partial charge < -0.3 is 5.32 Å². The predicted molar refractivity (Wildman–Crippen MR) is 117 cm³/mol. The SMILES string of the molecule is Cc1ccc(NC(=O)c2ccc(N(C)S(=O)(=O)c3ccccc3)cc2Cl)c(C)c1. The minimum absolute atomic E-state index is 0.167. The van der Waals surface area contributed by atoms with Crippen molar-refractivity contribution in [2.75, 3.05) is 16.7 Å². The molecule has 0 heterocycles. The van der Waals surface area contributed by atoms with Crippen molar-refractivity contribution in [1.82, 2.24) is 0 Å². The van der Waals surface area contributed by atoms with E-state index in [1.54, 1.807) is 24.3 Å². The molecule has 3 aromatic carbocycles. The summed E-state index contributed by atoms with van der Waals surface area (Å²) in [4.78, 5) is 12.8. The van der Waals surface area contributed by atoms with Crippen molar-refractivity contribution in [1.29, 1.82) is 0 Å². The van der Waals surface area contributed by atoms with Gasteiger partial charge >= 0.3 is 0 Å². The molecule has 0 saturated heterocycles. The Hall–Kier alpha value is -2.83. The van der Waals surface area contributed by atoms with E-state index in [0.29, 0.717) is 11.4 Å². The van der Waals surface area contributed by atoms with Crippen molar-refractivity contribution < 1.29 is 13.2 Å². The Morgan fingerprint density at radius 3 is 2.28 bits per heavy atom. The van der Waals surface area contributed by atoms with Crippen LogP contribution in [0.15, 0.2) is 71.6 Å². The zero-order chi connectivity index (χ0) is 21.2. The summed E-state index contributed by atoms with van der Waals surface area (Å²) in [6.45, 7) is 3.89. The first-order valence-corrected chi connectivity index (χ1v) is 10.7. The largest absolute Gasteiger partial charge is 0.322 e. The Bertz CT molecular complexity index is 1160. The van der Waals surface area contributed by atoms with Gasteiger partial charge in [-0.25, -0.2) is 8.42 Å². The Balaban J connectivity index is 1.85. The standard InChI is InChI=1S/C22H21ClN2O3S/c1-15-9-12-21(16(2)13-15)24-22(26)19-11-10-17(14-20(19)23)25(3)29(27,28)18-7-5-4-6-8-18/h4-14H,1-3H3,(H,24,26). The monoisotopic (exact) mass is 428 g/mol. The lowest BCUT2D eigenvalue weighted by atomic mass is 10.1. The molecule has 150 valence electrons. The van der Waals surface area contributed by atoms with Gasteiger partial charge in [-0.15, -0.1) is 0 Å². The summed E-state index contributed by atoms with van der Waals surface area (Å²) in [6, 6.07) is 18.4. The molecule has 1 amide bonds. The quantitative estimate of drug-likeness (QED) is 0.619. The van der Waals surface area contributed by atoms with E-state index in [0.717, 1.165) is 15.4 Å². The lowest BCUT2D eigenvalue weighted by Crippen LogP contribution is -2.26. The topological polar surface area (TPSA) is 66.5 Å². The molecule has 0 aromatic heterocycles. The minimum atomic E-state index is -3.73. The highest BCUT2D eigenvalue weighted by atomic mass is 35.5. The number of amides is 1. The van der Waals surface area contributed by atoms with Crippen LogP contribution >= 0.6 is 11.6 Å². The lowest BCUT2D eigenvalue weighted by Gasteiger charge is -2.20. The van der Waals surface area contributed by atoms with Crippen LogP contribution in [0.5, 0.6) is 0 Å². The number of aryl methyl sites for hydroxylation is 2. The third-order valence-electron chi connectivity index (χ3n) is 4.59. The summed E-state index contributed by atoms with van der Waals surface area (Å²) in [5, 5.41) is 3.01. The second-order valence-corrected chi connectivity index (χ2v) is 9.10. The van der Waals surface area contributed by atoms with Crippen LogP contribution in [-0.4, -0.2) is 21.4 Å². The summed E-state index contributed by atoms with van der Waals surface area (Å²) >= 11 is 6.31. The maximum absolute atomic E-state index is 12.8. The summed E-state index contributed by atoms with van der Waals surface area (Å²) in [7, 11) is -2.28. The van der Waals surface area contributed by atoms with Gasteiger partial charge in [0.2, 0.25) is 0 Å². The molecule has 7 heteroatoms. The average Bonchev–Trinajstić information content (AvgIpc) is 2.70. The molecule has 0 fully saturated rings. The first-order chi connectivity index (χ1) is 13.7. The van der Waals surface area contributed by atoms with Gasteiger partial charge in [-0.1, -0.05) is 47.5 Å². The molecule has 0 radical (unpaired) electrons. The molecule has 3 rings (SSSR count). The number of rotatable bonds is 5. The fourth-order valence-electron chi connectivity index (χ4n) is 2.92. The number of carbonyl (C=O) groups excluding carboxylic acids is 1. The maximum atomic E-state index is 12.8. The van der Waals surface area contributed by atoms with Crippen molar-refractivity contribution in [2.24, 2.45) is 0 Å². The van der Waals surface area contributed by atoms with E-state index in [9.17, 15) is 13.2 Å². The van der Waals surface area contributed by atoms with Gasteiger partial charge in [0.15, 0.2) is 0 Å². The Morgan fingerprint density at radius 2 is 1.66 bits per heavy atom. The number of anilines is 2. The van der Waals surface area contributed by atoms with Crippen LogP contribution < -0.4 is 9.62 Å². The summed E-state index contributed by atoms with van der Waals surface area (Å²) in [5.41, 5.74) is 3.37. The molecule has 0 aliphatic rings. The first-order valence-electron chi connectivity index (χ1n) is 8.92. The van der Waals surface area contributed by atoms with Gasteiger partial charge in [-0.05, 0) is 55.8 Å². The van der Waals surface area contributed by atoms with E-state index in [-0.39, 0.29) is 21.4 Å². The summed E-state index contributed by atoms with van der Waals surface area (Å²) < 4.78 is 26.7. The number of nitrogens with zero attached hydrogens (tertiary/aromatic N) is 1.